The van der Waals surface area contributed by atoms with Crippen LogP contribution in [0.2, 0.25) is 0 Å². The normalized spacial score (nSPS) is 17.9. The van der Waals surface area contributed by atoms with E-state index in [-0.39, 0.29) is 12.0 Å². The van der Waals surface area contributed by atoms with Crippen molar-refractivity contribution in [3.05, 3.63) is 106 Å². The molecule has 3 heteroatoms. The molecule has 1 unspecified atom stereocenters. The molecule has 30 heavy (non-hydrogen) atoms. The fourth-order valence-corrected chi connectivity index (χ4v) is 4.50. The van der Waals surface area contributed by atoms with Crippen molar-refractivity contribution in [3.8, 4) is 0 Å². The van der Waals surface area contributed by atoms with Crippen LogP contribution in [0.3, 0.4) is 0 Å². The van der Waals surface area contributed by atoms with Crippen LogP contribution in [0.5, 0.6) is 0 Å². The van der Waals surface area contributed by atoms with Crippen LogP contribution in [0.25, 0.3) is 0 Å². The van der Waals surface area contributed by atoms with Gasteiger partial charge in [0.25, 0.3) is 0 Å². The third-order valence-electron chi connectivity index (χ3n) is 6.04. The highest BCUT2D eigenvalue weighted by Crippen LogP contribution is 2.32. The highest BCUT2D eigenvalue weighted by atomic mass is 19.1. The molecule has 0 aromatic heterocycles. The molecule has 0 spiro atoms. The maximum Gasteiger partial charge on any atom is 0.123 e. The van der Waals surface area contributed by atoms with Gasteiger partial charge in [-0.2, -0.15) is 0 Å². The molecule has 1 atom stereocenters. The molecule has 3 aromatic carbocycles. The van der Waals surface area contributed by atoms with E-state index in [1.54, 1.807) is 12.1 Å². The molecule has 1 aliphatic heterocycles. The topological polar surface area (TPSA) is 6.48 Å². The van der Waals surface area contributed by atoms with E-state index < -0.39 is 0 Å². The van der Waals surface area contributed by atoms with E-state index in [0.29, 0.717) is 0 Å². The van der Waals surface area contributed by atoms with Crippen LogP contribution in [-0.4, -0.2) is 22.9 Å². The average Bonchev–Trinajstić information content (AvgIpc) is 2.76. The molecule has 2 nitrogen and oxygen atoms in total. The highest BCUT2D eigenvalue weighted by Gasteiger charge is 2.30. The van der Waals surface area contributed by atoms with Crippen molar-refractivity contribution < 1.29 is 4.39 Å². The Hall–Kier alpha value is -2.49. The van der Waals surface area contributed by atoms with E-state index in [1.807, 2.05) is 12.1 Å². The van der Waals surface area contributed by atoms with Crippen molar-refractivity contribution in [1.29, 1.82) is 0 Å². The van der Waals surface area contributed by atoms with E-state index in [1.165, 1.54) is 22.3 Å². The van der Waals surface area contributed by atoms with Gasteiger partial charge in [0.15, 0.2) is 0 Å². The fourth-order valence-electron chi connectivity index (χ4n) is 4.50. The summed E-state index contributed by atoms with van der Waals surface area (Å²) in [7, 11) is 0. The summed E-state index contributed by atoms with van der Waals surface area (Å²) in [6.45, 7) is 8.23. The Balaban J connectivity index is 1.63. The zero-order chi connectivity index (χ0) is 20.9. The first-order valence-electron chi connectivity index (χ1n) is 11.0. The average molecular weight is 403 g/mol. The van der Waals surface area contributed by atoms with Gasteiger partial charge in [-0.3, -0.25) is 9.80 Å². The van der Waals surface area contributed by atoms with Gasteiger partial charge < -0.3 is 0 Å². The molecule has 1 saturated heterocycles. The first-order chi connectivity index (χ1) is 14.6. The van der Waals surface area contributed by atoms with E-state index in [2.05, 4.69) is 72.2 Å². The van der Waals surface area contributed by atoms with Gasteiger partial charge in [0, 0.05) is 26.2 Å². The van der Waals surface area contributed by atoms with Crippen molar-refractivity contribution in [2.45, 2.75) is 45.9 Å². The first kappa shape index (κ1) is 20.8. The quantitative estimate of drug-likeness (QED) is 0.491. The van der Waals surface area contributed by atoms with Crippen LogP contribution in [0.15, 0.2) is 72.8 Å². The lowest BCUT2D eigenvalue weighted by Gasteiger charge is -2.44. The van der Waals surface area contributed by atoms with E-state index in [9.17, 15) is 4.39 Å². The Morgan fingerprint density at radius 1 is 0.800 bits per heavy atom. The van der Waals surface area contributed by atoms with Crippen molar-refractivity contribution in [1.82, 2.24) is 9.80 Å². The van der Waals surface area contributed by atoms with Gasteiger partial charge in [0.05, 0.1) is 6.17 Å². The lowest BCUT2D eigenvalue weighted by atomic mass is 10.0. The van der Waals surface area contributed by atoms with Crippen LogP contribution < -0.4 is 0 Å². The van der Waals surface area contributed by atoms with Gasteiger partial charge in [-0.05, 0) is 54.2 Å². The maximum absolute atomic E-state index is 13.4. The predicted octanol–water partition coefficient (Wildman–Crippen LogP) is 6.10. The largest absolute Gasteiger partial charge is 0.280 e. The molecule has 1 aliphatic rings. The molecule has 0 aliphatic carbocycles. The molecule has 0 amide bonds. The van der Waals surface area contributed by atoms with E-state index >= 15 is 0 Å². The molecule has 3 aromatic rings. The number of hydrogen-bond donors (Lipinski definition) is 0. The summed E-state index contributed by atoms with van der Waals surface area (Å²) in [5.41, 5.74) is 6.51. The summed E-state index contributed by atoms with van der Waals surface area (Å²) in [5.74, 6) is -0.176. The minimum Gasteiger partial charge on any atom is -0.280 e. The second-order valence-electron chi connectivity index (χ2n) is 8.38. The second kappa shape index (κ2) is 9.55. The maximum atomic E-state index is 13.4. The number of nitrogens with zero attached hydrogens (tertiary/aromatic N) is 2. The van der Waals surface area contributed by atoms with Gasteiger partial charge in [0.1, 0.15) is 5.82 Å². The first-order valence-corrected chi connectivity index (χ1v) is 11.0. The van der Waals surface area contributed by atoms with Crippen LogP contribution in [0.1, 0.15) is 47.3 Å². The SMILES string of the molecule is CCc1ccc(C2N(Cc3ccc(F)cc3)CCCN2Cc2cccc(C)c2)cc1. The molecule has 4 rings (SSSR count). The van der Waals surface area contributed by atoms with Gasteiger partial charge in [-0.15, -0.1) is 0 Å². The smallest absolute Gasteiger partial charge is 0.123 e. The lowest BCUT2D eigenvalue weighted by molar-refractivity contribution is -0.00911. The Morgan fingerprint density at radius 3 is 2.07 bits per heavy atom. The Kier molecular flexibility index (Phi) is 6.61. The summed E-state index contributed by atoms with van der Waals surface area (Å²) in [6.07, 6.45) is 2.41. The lowest BCUT2D eigenvalue weighted by Crippen LogP contribution is -2.46. The number of halogens is 1. The third-order valence-corrected chi connectivity index (χ3v) is 6.04. The van der Waals surface area contributed by atoms with Crippen molar-refractivity contribution >= 4 is 0 Å². The molecular formula is C27H31FN2. The van der Waals surface area contributed by atoms with Gasteiger partial charge in [-0.25, -0.2) is 4.39 Å². The minimum atomic E-state index is -0.176. The van der Waals surface area contributed by atoms with Crippen molar-refractivity contribution in [2.24, 2.45) is 0 Å². The fraction of sp³-hybridized carbons (Fsp3) is 0.333. The summed E-state index contributed by atoms with van der Waals surface area (Å²) < 4.78 is 13.4. The Morgan fingerprint density at radius 2 is 1.43 bits per heavy atom. The standard InChI is InChI=1S/C27H31FN2/c1-3-22-8-12-25(13-9-22)27-29(19-23-10-14-26(28)15-11-23)16-5-17-30(27)20-24-7-4-6-21(2)18-24/h4,6-15,18,27H,3,5,16-17,19-20H2,1-2H3. The Bertz CT molecular complexity index is 949. The molecule has 1 fully saturated rings. The Labute approximate surface area is 180 Å². The van der Waals surface area contributed by atoms with E-state index in [0.717, 1.165) is 44.6 Å². The summed E-state index contributed by atoms with van der Waals surface area (Å²) in [5, 5.41) is 0. The van der Waals surface area contributed by atoms with Crippen LogP contribution in [0.4, 0.5) is 4.39 Å². The van der Waals surface area contributed by atoms with Gasteiger partial charge in [-0.1, -0.05) is 73.2 Å². The monoisotopic (exact) mass is 402 g/mol. The number of aryl methyl sites for hydroxylation is 2. The molecule has 0 N–H and O–H groups in total. The van der Waals surface area contributed by atoms with Crippen molar-refractivity contribution in [3.63, 3.8) is 0 Å². The summed E-state index contributed by atoms with van der Waals surface area (Å²) in [6, 6.07) is 24.8. The van der Waals surface area contributed by atoms with Gasteiger partial charge in [0.2, 0.25) is 0 Å². The predicted molar refractivity (Wildman–Crippen MR) is 122 cm³/mol. The molecular weight excluding hydrogens is 371 g/mol. The molecule has 0 bridgehead atoms. The molecule has 0 radical (unpaired) electrons. The van der Waals surface area contributed by atoms with Crippen molar-refractivity contribution in [2.75, 3.05) is 13.1 Å². The van der Waals surface area contributed by atoms with Crippen LogP contribution >= 0.6 is 0 Å². The highest BCUT2D eigenvalue weighted by molar-refractivity contribution is 5.27. The van der Waals surface area contributed by atoms with Crippen LogP contribution in [-0.2, 0) is 19.5 Å². The van der Waals surface area contributed by atoms with Gasteiger partial charge >= 0.3 is 0 Å². The summed E-state index contributed by atoms with van der Waals surface area (Å²) >= 11 is 0. The molecule has 0 saturated carbocycles. The zero-order valence-electron chi connectivity index (χ0n) is 18.0. The number of hydrogen-bond acceptors (Lipinski definition) is 2. The third kappa shape index (κ3) is 4.97. The molecule has 156 valence electrons. The minimum absolute atomic E-state index is 0.176. The van der Waals surface area contributed by atoms with E-state index in [4.69, 9.17) is 0 Å². The molecule has 1 heterocycles. The van der Waals surface area contributed by atoms with Crippen LogP contribution in [0, 0.1) is 12.7 Å². The second-order valence-corrected chi connectivity index (χ2v) is 8.38. The zero-order valence-corrected chi connectivity index (χ0v) is 18.0. The number of benzene rings is 3. The number of rotatable bonds is 6. The summed E-state index contributed by atoms with van der Waals surface area (Å²) in [4.78, 5) is 5.12.